The van der Waals surface area contributed by atoms with Crippen LogP contribution in [-0.4, -0.2) is 99.4 Å². The topological polar surface area (TPSA) is 82.1 Å². The molecule has 0 amide bonds. The monoisotopic (exact) mass is 478 g/mol. The Morgan fingerprint density at radius 3 is 2.12 bits per heavy atom. The standard InChI is InChI=1S/C21H30N6O3S2/c28-32(29,21-4-2-16-31-21)27-13-11-26(12-14-27)20-6-5-19(22-23-20)25-9-7-24(8-10-25)17-18-3-1-15-30-18/h2,4-6,16,18H,1,3,7-15,17H2. The number of thiophene rings is 1. The van der Waals surface area contributed by atoms with Crippen LogP contribution in [-0.2, 0) is 14.8 Å². The van der Waals surface area contributed by atoms with Gasteiger partial charge < -0.3 is 14.5 Å². The molecule has 5 heterocycles. The van der Waals surface area contributed by atoms with Crippen molar-refractivity contribution >= 4 is 33.0 Å². The maximum absolute atomic E-state index is 12.7. The molecule has 0 N–H and O–H groups in total. The van der Waals surface area contributed by atoms with Crippen molar-refractivity contribution < 1.29 is 13.2 Å². The summed E-state index contributed by atoms with van der Waals surface area (Å²) in [5, 5.41) is 10.7. The Morgan fingerprint density at radius 2 is 1.59 bits per heavy atom. The number of hydrogen-bond donors (Lipinski definition) is 0. The molecule has 5 rings (SSSR count). The molecule has 32 heavy (non-hydrogen) atoms. The summed E-state index contributed by atoms with van der Waals surface area (Å²) in [6.07, 6.45) is 2.77. The van der Waals surface area contributed by atoms with Crippen molar-refractivity contribution in [2.24, 2.45) is 0 Å². The van der Waals surface area contributed by atoms with Gasteiger partial charge in [-0.1, -0.05) is 6.07 Å². The van der Waals surface area contributed by atoms with Crippen LogP contribution in [0.3, 0.4) is 0 Å². The van der Waals surface area contributed by atoms with E-state index < -0.39 is 10.0 Å². The average molecular weight is 479 g/mol. The molecule has 2 aromatic rings. The predicted octanol–water partition coefficient (Wildman–Crippen LogP) is 1.35. The largest absolute Gasteiger partial charge is 0.377 e. The van der Waals surface area contributed by atoms with Crippen molar-refractivity contribution in [1.29, 1.82) is 0 Å². The first-order chi connectivity index (χ1) is 15.6. The van der Waals surface area contributed by atoms with Crippen molar-refractivity contribution in [3.8, 4) is 0 Å². The number of anilines is 2. The summed E-state index contributed by atoms with van der Waals surface area (Å²) >= 11 is 1.26. The first kappa shape index (κ1) is 22.0. The first-order valence-corrected chi connectivity index (χ1v) is 13.6. The molecular weight excluding hydrogens is 448 g/mol. The zero-order chi connectivity index (χ0) is 22.0. The van der Waals surface area contributed by atoms with Crippen LogP contribution in [0.15, 0.2) is 33.9 Å². The smallest absolute Gasteiger partial charge is 0.252 e. The van der Waals surface area contributed by atoms with Gasteiger partial charge in [-0.2, -0.15) is 4.31 Å². The van der Waals surface area contributed by atoms with Crippen LogP contribution in [0.25, 0.3) is 0 Å². The summed E-state index contributed by atoms with van der Waals surface area (Å²) in [4.78, 5) is 6.88. The highest BCUT2D eigenvalue weighted by atomic mass is 32.2. The van der Waals surface area contributed by atoms with Gasteiger partial charge in [-0.3, -0.25) is 4.90 Å². The van der Waals surface area contributed by atoms with Crippen LogP contribution in [0.5, 0.6) is 0 Å². The molecule has 0 aliphatic carbocycles. The molecule has 9 nitrogen and oxygen atoms in total. The zero-order valence-corrected chi connectivity index (χ0v) is 19.8. The molecule has 0 saturated carbocycles. The van der Waals surface area contributed by atoms with Gasteiger partial charge in [0.05, 0.1) is 6.10 Å². The quantitative estimate of drug-likeness (QED) is 0.616. The molecule has 3 aliphatic heterocycles. The van der Waals surface area contributed by atoms with Gasteiger partial charge in [-0.15, -0.1) is 21.5 Å². The number of ether oxygens (including phenoxy) is 1. The Morgan fingerprint density at radius 1 is 0.938 bits per heavy atom. The first-order valence-electron chi connectivity index (χ1n) is 11.3. The minimum Gasteiger partial charge on any atom is -0.377 e. The Labute approximate surface area is 193 Å². The Hall–Kier alpha value is -1.79. The molecule has 3 saturated heterocycles. The lowest BCUT2D eigenvalue weighted by Crippen LogP contribution is -2.49. The van der Waals surface area contributed by atoms with E-state index in [1.165, 1.54) is 24.2 Å². The van der Waals surface area contributed by atoms with Gasteiger partial charge in [0.1, 0.15) is 4.21 Å². The molecule has 1 unspecified atom stereocenters. The molecule has 11 heteroatoms. The number of hydrogen-bond acceptors (Lipinski definition) is 9. The molecule has 3 aliphatic rings. The van der Waals surface area contributed by atoms with Crippen molar-refractivity contribution in [3.05, 3.63) is 29.6 Å². The second-order valence-corrected chi connectivity index (χ2v) is 11.6. The van der Waals surface area contributed by atoms with Gasteiger partial charge in [0, 0.05) is 65.5 Å². The summed E-state index contributed by atoms with van der Waals surface area (Å²) in [5.41, 5.74) is 0. The highest BCUT2D eigenvalue weighted by Gasteiger charge is 2.30. The van der Waals surface area contributed by atoms with E-state index in [0.29, 0.717) is 36.5 Å². The second kappa shape index (κ2) is 9.60. The van der Waals surface area contributed by atoms with Gasteiger partial charge in [0.2, 0.25) is 0 Å². The van der Waals surface area contributed by atoms with Crippen molar-refractivity contribution in [2.75, 3.05) is 75.3 Å². The molecule has 0 aromatic carbocycles. The molecule has 2 aromatic heterocycles. The molecule has 0 bridgehead atoms. The van der Waals surface area contributed by atoms with Crippen LogP contribution < -0.4 is 9.80 Å². The summed E-state index contributed by atoms with van der Waals surface area (Å²) < 4.78 is 33.1. The normalized spacial score (nSPS) is 23.7. The van der Waals surface area contributed by atoms with Gasteiger partial charge in [-0.05, 0) is 36.4 Å². The third-order valence-corrected chi connectivity index (χ3v) is 9.74. The number of nitrogens with zero attached hydrogens (tertiary/aromatic N) is 6. The average Bonchev–Trinajstić information content (AvgIpc) is 3.55. The third-order valence-electron chi connectivity index (χ3n) is 6.47. The van der Waals surface area contributed by atoms with E-state index in [1.54, 1.807) is 21.8 Å². The van der Waals surface area contributed by atoms with E-state index in [9.17, 15) is 8.42 Å². The fraction of sp³-hybridized carbons (Fsp3) is 0.619. The van der Waals surface area contributed by atoms with Crippen molar-refractivity contribution in [3.63, 3.8) is 0 Å². The molecular formula is C21H30N6O3S2. The number of rotatable bonds is 6. The Bertz CT molecular complexity index is 963. The van der Waals surface area contributed by atoms with Gasteiger partial charge in [0.25, 0.3) is 10.0 Å². The fourth-order valence-electron chi connectivity index (χ4n) is 4.59. The van der Waals surface area contributed by atoms with Gasteiger partial charge in [-0.25, -0.2) is 8.42 Å². The van der Waals surface area contributed by atoms with Crippen LogP contribution in [0.4, 0.5) is 11.6 Å². The van der Waals surface area contributed by atoms with E-state index in [-0.39, 0.29) is 0 Å². The van der Waals surface area contributed by atoms with Crippen molar-refractivity contribution in [2.45, 2.75) is 23.2 Å². The van der Waals surface area contributed by atoms with Crippen LogP contribution in [0, 0.1) is 0 Å². The lowest BCUT2D eigenvalue weighted by molar-refractivity contribution is 0.0712. The summed E-state index contributed by atoms with van der Waals surface area (Å²) in [6, 6.07) is 7.48. The molecule has 1 atom stereocenters. The predicted molar refractivity (Wildman–Crippen MR) is 125 cm³/mol. The van der Waals surface area contributed by atoms with E-state index in [4.69, 9.17) is 4.74 Å². The van der Waals surface area contributed by atoms with E-state index in [0.717, 1.165) is 51.0 Å². The Balaban J connectivity index is 1.12. The minimum absolute atomic E-state index is 0.404. The maximum Gasteiger partial charge on any atom is 0.252 e. The minimum atomic E-state index is -3.39. The SMILES string of the molecule is O=S(=O)(c1cccs1)N1CCN(c2ccc(N3CCN(CC4CCCO4)CC3)nn2)CC1. The number of piperazine rings is 2. The highest BCUT2D eigenvalue weighted by Crippen LogP contribution is 2.24. The summed E-state index contributed by atoms with van der Waals surface area (Å²) in [6.45, 7) is 8.00. The highest BCUT2D eigenvalue weighted by molar-refractivity contribution is 7.91. The Kier molecular flexibility index (Phi) is 6.61. The summed E-state index contributed by atoms with van der Waals surface area (Å²) in [7, 11) is -3.39. The summed E-state index contributed by atoms with van der Waals surface area (Å²) in [5.74, 6) is 1.71. The van der Waals surface area contributed by atoms with E-state index in [1.807, 2.05) is 12.1 Å². The molecule has 0 radical (unpaired) electrons. The van der Waals surface area contributed by atoms with E-state index in [2.05, 4.69) is 24.9 Å². The van der Waals surface area contributed by atoms with Gasteiger partial charge in [0.15, 0.2) is 11.6 Å². The maximum atomic E-state index is 12.7. The fourth-order valence-corrected chi connectivity index (χ4v) is 7.15. The molecule has 0 spiro atoms. The van der Waals surface area contributed by atoms with Crippen molar-refractivity contribution in [1.82, 2.24) is 19.4 Å². The third kappa shape index (κ3) is 4.76. The van der Waals surface area contributed by atoms with Crippen LogP contribution >= 0.6 is 11.3 Å². The second-order valence-electron chi connectivity index (χ2n) is 8.50. The van der Waals surface area contributed by atoms with Crippen LogP contribution in [0.1, 0.15) is 12.8 Å². The zero-order valence-electron chi connectivity index (χ0n) is 18.2. The number of aromatic nitrogens is 2. The van der Waals surface area contributed by atoms with Gasteiger partial charge >= 0.3 is 0 Å². The lowest BCUT2D eigenvalue weighted by Gasteiger charge is -2.36. The lowest BCUT2D eigenvalue weighted by atomic mass is 10.2. The van der Waals surface area contributed by atoms with Crippen LogP contribution in [0.2, 0.25) is 0 Å². The molecule has 3 fully saturated rings. The molecule has 174 valence electrons. The number of sulfonamides is 1. The van der Waals surface area contributed by atoms with E-state index >= 15 is 0 Å².